The minimum atomic E-state index is -1.29. The highest BCUT2D eigenvalue weighted by Gasteiger charge is 2.54. The van der Waals surface area contributed by atoms with Gasteiger partial charge < -0.3 is 10.4 Å². The molecule has 1 atom stereocenters. The number of likely N-dealkylation sites (tertiary alicyclic amines) is 1. The molecule has 1 spiro atoms. The number of nitrogens with one attached hydrogen (secondary N) is 2. The number of carboxylic acid groups (broad SMARTS) is 1. The summed E-state index contributed by atoms with van der Waals surface area (Å²) in [6, 6.07) is 0. The van der Waals surface area contributed by atoms with Crippen molar-refractivity contribution in [2.45, 2.75) is 44.1 Å². The van der Waals surface area contributed by atoms with Gasteiger partial charge in [-0.1, -0.05) is 0 Å². The van der Waals surface area contributed by atoms with Crippen LogP contribution in [0.25, 0.3) is 0 Å². The molecular weight excluding hydrogens is 314 g/mol. The maximum atomic E-state index is 12.5. The smallest absolute Gasteiger partial charge is 0.305 e. The van der Waals surface area contributed by atoms with Gasteiger partial charge in [0.1, 0.15) is 0 Å². The molecule has 8 nitrogen and oxygen atoms in total. The number of piperidine rings is 1. The van der Waals surface area contributed by atoms with E-state index in [4.69, 9.17) is 9.94 Å². The molecule has 0 bridgehead atoms. The minimum absolute atomic E-state index is 0.0741. The van der Waals surface area contributed by atoms with E-state index >= 15 is 0 Å². The summed E-state index contributed by atoms with van der Waals surface area (Å²) in [4.78, 5) is 41.6. The maximum absolute atomic E-state index is 12.5. The third-order valence-corrected chi connectivity index (χ3v) is 4.92. The van der Waals surface area contributed by atoms with Crippen molar-refractivity contribution in [3.05, 3.63) is 11.8 Å². The zero-order chi connectivity index (χ0) is 17.2. The van der Waals surface area contributed by atoms with Crippen LogP contribution in [-0.4, -0.2) is 53.0 Å². The Morgan fingerprint density at radius 3 is 2.83 bits per heavy atom. The average molecular weight is 337 g/mol. The molecule has 1 unspecified atom stereocenters. The number of aliphatic carboxylic acids is 1. The highest BCUT2D eigenvalue weighted by molar-refractivity contribution is 6.09. The van der Waals surface area contributed by atoms with Crippen LogP contribution in [0.5, 0.6) is 0 Å². The Labute approximate surface area is 140 Å². The Morgan fingerprint density at radius 2 is 2.12 bits per heavy atom. The third-order valence-electron chi connectivity index (χ3n) is 4.92. The number of hydroxylamine groups is 1. The molecule has 0 aromatic carbocycles. The van der Waals surface area contributed by atoms with Gasteiger partial charge in [0, 0.05) is 12.2 Å². The first-order chi connectivity index (χ1) is 11.5. The topological polar surface area (TPSA) is 108 Å². The number of hydrogen-bond donors (Lipinski definition) is 3. The van der Waals surface area contributed by atoms with Gasteiger partial charge in [-0.3, -0.25) is 29.6 Å². The molecule has 0 saturated carbocycles. The molecule has 0 aromatic rings. The predicted molar refractivity (Wildman–Crippen MR) is 83.5 cm³/mol. The number of imide groups is 1. The Morgan fingerprint density at radius 1 is 1.38 bits per heavy atom. The fourth-order valence-corrected chi connectivity index (χ4v) is 3.51. The second-order valence-corrected chi connectivity index (χ2v) is 6.67. The Bertz CT molecular complexity index is 570. The summed E-state index contributed by atoms with van der Waals surface area (Å²) < 4.78 is 0. The lowest BCUT2D eigenvalue weighted by atomic mass is 9.92. The monoisotopic (exact) mass is 337 g/mol. The summed E-state index contributed by atoms with van der Waals surface area (Å²) >= 11 is 0. The summed E-state index contributed by atoms with van der Waals surface area (Å²) in [5.41, 5.74) is 2.33. The predicted octanol–water partition coefficient (Wildman–Crippen LogP) is 0.157. The van der Waals surface area contributed by atoms with Crippen molar-refractivity contribution in [2.75, 3.05) is 19.6 Å². The van der Waals surface area contributed by atoms with Crippen molar-refractivity contribution in [3.8, 4) is 0 Å². The first-order valence-electron chi connectivity index (χ1n) is 8.43. The molecule has 132 valence electrons. The Hall–Kier alpha value is -1.93. The number of hydrogen-bond acceptors (Lipinski definition) is 6. The zero-order valence-corrected chi connectivity index (χ0v) is 13.5. The lowest BCUT2D eigenvalue weighted by Gasteiger charge is -2.22. The quantitative estimate of drug-likeness (QED) is 0.592. The molecule has 3 rings (SSSR count). The van der Waals surface area contributed by atoms with E-state index in [-0.39, 0.29) is 25.3 Å². The largest absolute Gasteiger partial charge is 0.481 e. The molecule has 3 N–H and O–H groups in total. The molecule has 8 heteroatoms. The van der Waals surface area contributed by atoms with Crippen molar-refractivity contribution in [1.29, 1.82) is 0 Å². The van der Waals surface area contributed by atoms with Crippen LogP contribution in [-0.2, 0) is 19.2 Å². The molecule has 2 amide bonds. The first kappa shape index (κ1) is 16.9. The second kappa shape index (κ2) is 6.90. The van der Waals surface area contributed by atoms with Crippen LogP contribution in [0.1, 0.15) is 38.5 Å². The highest BCUT2D eigenvalue weighted by atomic mass is 16.7. The number of nitrogens with zero attached hydrogens (tertiary/aromatic N) is 1. The van der Waals surface area contributed by atoms with E-state index in [1.54, 1.807) is 6.08 Å². The normalized spacial score (nSPS) is 27.7. The molecule has 0 aliphatic carbocycles. The van der Waals surface area contributed by atoms with Crippen LogP contribution in [0.4, 0.5) is 0 Å². The average Bonchev–Trinajstić information content (AvgIpc) is 3.07. The third kappa shape index (κ3) is 3.44. The number of rotatable bonds is 6. The molecular formula is C16H23N3O5. The number of carboxylic acids is 1. The van der Waals surface area contributed by atoms with Crippen LogP contribution in [0.15, 0.2) is 11.8 Å². The van der Waals surface area contributed by atoms with Crippen LogP contribution >= 0.6 is 0 Å². The van der Waals surface area contributed by atoms with Gasteiger partial charge in [-0.2, -0.15) is 0 Å². The van der Waals surface area contributed by atoms with Gasteiger partial charge in [0.15, 0.2) is 0 Å². The van der Waals surface area contributed by atoms with E-state index in [0.717, 1.165) is 49.4 Å². The maximum Gasteiger partial charge on any atom is 0.305 e. The summed E-state index contributed by atoms with van der Waals surface area (Å²) in [5, 5.41) is 12.1. The van der Waals surface area contributed by atoms with Gasteiger partial charge >= 0.3 is 5.97 Å². The van der Waals surface area contributed by atoms with E-state index in [9.17, 15) is 14.4 Å². The van der Waals surface area contributed by atoms with E-state index in [0.29, 0.717) is 5.92 Å². The number of carbonyl (C=O) groups is 3. The van der Waals surface area contributed by atoms with Crippen LogP contribution in [0.3, 0.4) is 0 Å². The fraction of sp³-hybridized carbons (Fsp3) is 0.688. The summed E-state index contributed by atoms with van der Waals surface area (Å²) in [5.74, 6) is -1.24. The van der Waals surface area contributed by atoms with Crippen LogP contribution < -0.4 is 10.8 Å². The minimum Gasteiger partial charge on any atom is -0.481 e. The highest BCUT2D eigenvalue weighted by Crippen LogP contribution is 2.34. The Kier molecular flexibility index (Phi) is 4.86. The summed E-state index contributed by atoms with van der Waals surface area (Å²) in [6.45, 7) is 1.97. The zero-order valence-electron chi connectivity index (χ0n) is 13.5. The van der Waals surface area contributed by atoms with Crippen molar-refractivity contribution < 1.29 is 24.3 Å². The lowest BCUT2D eigenvalue weighted by molar-refractivity contribution is -0.149. The number of allylic oxidation sites excluding steroid dienone is 1. The fourth-order valence-electron chi connectivity index (χ4n) is 3.51. The van der Waals surface area contributed by atoms with Crippen molar-refractivity contribution >= 4 is 17.8 Å². The molecule has 3 aliphatic heterocycles. The number of amides is 2. The van der Waals surface area contributed by atoms with Crippen LogP contribution in [0.2, 0.25) is 0 Å². The SMILES string of the molecule is O=C(O)CCN1C(=O)CC2(C=C(CCC3CCNCC3)NO2)C1=O. The summed E-state index contributed by atoms with van der Waals surface area (Å²) in [6.07, 6.45) is 5.48. The van der Waals surface area contributed by atoms with Gasteiger partial charge in [-0.05, 0) is 50.8 Å². The molecule has 0 radical (unpaired) electrons. The van der Waals surface area contributed by atoms with Gasteiger partial charge in [-0.15, -0.1) is 0 Å². The van der Waals surface area contributed by atoms with E-state index in [1.165, 1.54) is 0 Å². The molecule has 3 aliphatic rings. The van der Waals surface area contributed by atoms with Gasteiger partial charge in [0.25, 0.3) is 5.91 Å². The molecule has 2 fully saturated rings. The van der Waals surface area contributed by atoms with E-state index in [1.807, 2.05) is 0 Å². The number of carbonyl (C=O) groups excluding carboxylic acids is 2. The van der Waals surface area contributed by atoms with Crippen molar-refractivity contribution in [3.63, 3.8) is 0 Å². The van der Waals surface area contributed by atoms with Gasteiger partial charge in [0.2, 0.25) is 11.5 Å². The van der Waals surface area contributed by atoms with Crippen molar-refractivity contribution in [1.82, 2.24) is 15.7 Å². The van der Waals surface area contributed by atoms with Gasteiger partial charge in [0.05, 0.1) is 12.8 Å². The molecule has 24 heavy (non-hydrogen) atoms. The van der Waals surface area contributed by atoms with E-state index < -0.39 is 17.5 Å². The molecule has 2 saturated heterocycles. The van der Waals surface area contributed by atoms with Gasteiger partial charge in [-0.25, -0.2) is 0 Å². The lowest BCUT2D eigenvalue weighted by Crippen LogP contribution is -2.41. The molecule has 3 heterocycles. The Balaban J connectivity index is 1.59. The standard InChI is InChI=1S/C16H23N3O5/c20-13-10-16(15(23)19(13)8-5-14(21)22)9-12(18-24-16)2-1-11-3-6-17-7-4-11/h9,11,17-18H,1-8,10H2,(H,21,22). The first-order valence-corrected chi connectivity index (χ1v) is 8.43. The summed E-state index contributed by atoms with van der Waals surface area (Å²) in [7, 11) is 0. The molecule has 0 aromatic heterocycles. The second-order valence-electron chi connectivity index (χ2n) is 6.67. The van der Waals surface area contributed by atoms with E-state index in [2.05, 4.69) is 10.8 Å². The van der Waals surface area contributed by atoms with Crippen LogP contribution in [0, 0.1) is 5.92 Å². The van der Waals surface area contributed by atoms with Crippen molar-refractivity contribution in [2.24, 2.45) is 5.92 Å².